The highest BCUT2D eigenvalue weighted by Crippen LogP contribution is 2.27. The number of hydrogen-bond acceptors (Lipinski definition) is 5. The van der Waals surface area contributed by atoms with Crippen LogP contribution in [0.3, 0.4) is 0 Å². The molecule has 1 atom stereocenters. The van der Waals surface area contributed by atoms with Gasteiger partial charge in [-0.1, -0.05) is 12.1 Å². The van der Waals surface area contributed by atoms with Crippen molar-refractivity contribution in [1.29, 1.82) is 0 Å². The van der Waals surface area contributed by atoms with Crippen molar-refractivity contribution in [3.8, 4) is 0 Å². The Morgan fingerprint density at radius 2 is 2.18 bits per heavy atom. The van der Waals surface area contributed by atoms with E-state index in [1.165, 1.54) is 32.0 Å². The Labute approximate surface area is 132 Å². The predicted octanol–water partition coefficient (Wildman–Crippen LogP) is 2.92. The fraction of sp³-hybridized carbons (Fsp3) is 0.286. The molecule has 0 radical (unpaired) electrons. The van der Waals surface area contributed by atoms with Gasteiger partial charge in [-0.3, -0.25) is 4.79 Å². The van der Waals surface area contributed by atoms with Gasteiger partial charge in [-0.25, -0.2) is 17.8 Å². The maximum atomic E-state index is 13.2. The number of anilines is 1. The minimum atomic E-state index is -3.53. The minimum Gasteiger partial charge on any atom is -0.302 e. The van der Waals surface area contributed by atoms with E-state index in [1.54, 1.807) is 11.4 Å². The molecule has 1 aromatic heterocycles. The Kier molecular flexibility index (Phi) is 4.92. The van der Waals surface area contributed by atoms with Gasteiger partial charge in [-0.05, 0) is 24.6 Å². The highest BCUT2D eigenvalue weighted by atomic mass is 32.2. The summed E-state index contributed by atoms with van der Waals surface area (Å²) in [6, 6.07) is 5.54. The SMILES string of the molecule is CC(=O)Nc1nc(CS(=O)(=O)[C@H](C)c2cccc(F)c2)cs1. The molecule has 0 spiro atoms. The lowest BCUT2D eigenvalue weighted by molar-refractivity contribution is -0.114. The van der Waals surface area contributed by atoms with Crippen molar-refractivity contribution < 1.29 is 17.6 Å². The van der Waals surface area contributed by atoms with Crippen LogP contribution in [0.25, 0.3) is 0 Å². The van der Waals surface area contributed by atoms with Crippen molar-refractivity contribution in [2.75, 3.05) is 5.32 Å². The third-order valence-corrected chi connectivity index (χ3v) is 5.89. The first-order valence-corrected chi connectivity index (χ1v) is 9.06. The topological polar surface area (TPSA) is 76.1 Å². The molecule has 0 fully saturated rings. The first-order chi connectivity index (χ1) is 10.3. The summed E-state index contributed by atoms with van der Waals surface area (Å²) in [7, 11) is -3.53. The maximum Gasteiger partial charge on any atom is 0.223 e. The molecule has 0 bridgehead atoms. The average molecular weight is 342 g/mol. The van der Waals surface area contributed by atoms with E-state index in [0.717, 1.165) is 11.3 Å². The van der Waals surface area contributed by atoms with Crippen molar-refractivity contribution in [3.63, 3.8) is 0 Å². The van der Waals surface area contributed by atoms with Crippen LogP contribution in [0.5, 0.6) is 0 Å². The molecule has 0 aliphatic carbocycles. The lowest BCUT2D eigenvalue weighted by Crippen LogP contribution is -2.13. The van der Waals surface area contributed by atoms with E-state index in [2.05, 4.69) is 10.3 Å². The number of carbonyl (C=O) groups excluding carboxylic acids is 1. The lowest BCUT2D eigenvalue weighted by Gasteiger charge is -2.12. The Morgan fingerprint density at radius 1 is 1.45 bits per heavy atom. The number of rotatable bonds is 5. The molecule has 1 aromatic carbocycles. The molecule has 0 aliphatic rings. The van der Waals surface area contributed by atoms with Crippen LogP contribution in [0.15, 0.2) is 29.6 Å². The molecule has 8 heteroatoms. The number of halogens is 1. The van der Waals surface area contributed by atoms with Gasteiger partial charge in [0.15, 0.2) is 15.0 Å². The molecule has 1 N–H and O–H groups in total. The molecule has 2 aromatic rings. The van der Waals surface area contributed by atoms with Crippen molar-refractivity contribution in [3.05, 3.63) is 46.7 Å². The maximum absolute atomic E-state index is 13.2. The Balaban J connectivity index is 2.16. The summed E-state index contributed by atoms with van der Waals surface area (Å²) in [6.07, 6.45) is 0. The van der Waals surface area contributed by atoms with Crippen LogP contribution in [-0.2, 0) is 20.4 Å². The molecule has 2 rings (SSSR count). The van der Waals surface area contributed by atoms with Crippen LogP contribution in [0.2, 0.25) is 0 Å². The van der Waals surface area contributed by atoms with Crippen molar-refractivity contribution >= 4 is 32.2 Å². The summed E-state index contributed by atoms with van der Waals surface area (Å²) < 4.78 is 38.0. The summed E-state index contributed by atoms with van der Waals surface area (Å²) in [5, 5.41) is 3.61. The van der Waals surface area contributed by atoms with Gasteiger partial charge in [0.25, 0.3) is 0 Å². The van der Waals surface area contributed by atoms with Crippen LogP contribution in [0, 0.1) is 5.82 Å². The molecule has 22 heavy (non-hydrogen) atoms. The van der Waals surface area contributed by atoms with E-state index in [0.29, 0.717) is 16.4 Å². The fourth-order valence-corrected chi connectivity index (χ4v) is 4.11. The lowest BCUT2D eigenvalue weighted by atomic mass is 10.2. The minimum absolute atomic E-state index is 0.263. The van der Waals surface area contributed by atoms with Crippen LogP contribution in [-0.4, -0.2) is 19.3 Å². The number of benzene rings is 1. The quantitative estimate of drug-likeness (QED) is 0.906. The van der Waals surface area contributed by atoms with Gasteiger partial charge in [-0.2, -0.15) is 0 Å². The summed E-state index contributed by atoms with van der Waals surface area (Å²) >= 11 is 1.16. The van der Waals surface area contributed by atoms with Crippen LogP contribution in [0.4, 0.5) is 9.52 Å². The average Bonchev–Trinajstić information content (AvgIpc) is 2.83. The fourth-order valence-electron chi connectivity index (χ4n) is 1.88. The number of aromatic nitrogens is 1. The normalized spacial score (nSPS) is 12.9. The van der Waals surface area contributed by atoms with E-state index < -0.39 is 20.9 Å². The van der Waals surface area contributed by atoms with Crippen LogP contribution in [0.1, 0.15) is 30.4 Å². The first-order valence-electron chi connectivity index (χ1n) is 6.47. The molecule has 118 valence electrons. The number of amides is 1. The number of thiazole rings is 1. The Hall–Kier alpha value is -1.80. The highest BCUT2D eigenvalue weighted by Gasteiger charge is 2.24. The summed E-state index contributed by atoms with van der Waals surface area (Å²) in [5.74, 6) is -1.00. The molecule has 0 aliphatic heterocycles. The van der Waals surface area contributed by atoms with Gasteiger partial charge in [0.05, 0.1) is 16.7 Å². The van der Waals surface area contributed by atoms with E-state index in [1.807, 2.05) is 0 Å². The predicted molar refractivity (Wildman–Crippen MR) is 83.9 cm³/mol. The molecular weight excluding hydrogens is 327 g/mol. The zero-order valence-electron chi connectivity index (χ0n) is 12.0. The second-order valence-electron chi connectivity index (χ2n) is 4.83. The molecular formula is C14H15FN2O3S2. The molecule has 5 nitrogen and oxygen atoms in total. The van der Waals surface area contributed by atoms with Crippen molar-refractivity contribution in [2.45, 2.75) is 24.9 Å². The van der Waals surface area contributed by atoms with E-state index in [-0.39, 0.29) is 11.7 Å². The van der Waals surface area contributed by atoms with Crippen LogP contribution < -0.4 is 5.32 Å². The molecule has 0 saturated heterocycles. The van der Waals surface area contributed by atoms with Crippen molar-refractivity contribution in [1.82, 2.24) is 4.98 Å². The van der Waals surface area contributed by atoms with E-state index in [4.69, 9.17) is 0 Å². The smallest absolute Gasteiger partial charge is 0.223 e. The van der Waals surface area contributed by atoms with Gasteiger partial charge in [0, 0.05) is 12.3 Å². The van der Waals surface area contributed by atoms with E-state index in [9.17, 15) is 17.6 Å². The Morgan fingerprint density at radius 3 is 2.82 bits per heavy atom. The largest absolute Gasteiger partial charge is 0.302 e. The summed E-state index contributed by atoms with van der Waals surface area (Å²) in [4.78, 5) is 15.0. The van der Waals surface area contributed by atoms with Crippen LogP contribution >= 0.6 is 11.3 Å². The first kappa shape index (κ1) is 16.6. The van der Waals surface area contributed by atoms with Gasteiger partial charge in [0.2, 0.25) is 5.91 Å². The summed E-state index contributed by atoms with van der Waals surface area (Å²) in [6.45, 7) is 2.87. The number of sulfone groups is 1. The van der Waals surface area contributed by atoms with Gasteiger partial charge in [-0.15, -0.1) is 11.3 Å². The van der Waals surface area contributed by atoms with Gasteiger partial charge in [0.1, 0.15) is 5.82 Å². The summed E-state index contributed by atoms with van der Waals surface area (Å²) in [5.41, 5.74) is 0.759. The monoisotopic (exact) mass is 342 g/mol. The van der Waals surface area contributed by atoms with Gasteiger partial charge >= 0.3 is 0 Å². The second-order valence-corrected chi connectivity index (χ2v) is 8.01. The third kappa shape index (κ3) is 4.11. The number of hydrogen-bond donors (Lipinski definition) is 1. The number of nitrogens with zero attached hydrogens (tertiary/aromatic N) is 1. The molecule has 0 saturated carbocycles. The number of nitrogens with one attached hydrogen (secondary N) is 1. The zero-order valence-corrected chi connectivity index (χ0v) is 13.7. The Bertz CT molecular complexity index is 787. The number of carbonyl (C=O) groups is 1. The molecule has 0 unspecified atom stereocenters. The molecule has 1 heterocycles. The zero-order chi connectivity index (χ0) is 16.3. The van der Waals surface area contributed by atoms with E-state index >= 15 is 0 Å². The van der Waals surface area contributed by atoms with Crippen molar-refractivity contribution in [2.24, 2.45) is 0 Å². The standard InChI is InChI=1S/C14H15FN2O3S2/c1-9(11-4-3-5-12(15)6-11)22(19,20)8-13-7-21-14(17-13)16-10(2)18/h3-7,9H,8H2,1-2H3,(H,16,17,18)/t9-/m1/s1. The highest BCUT2D eigenvalue weighted by molar-refractivity contribution is 7.90. The third-order valence-electron chi connectivity index (χ3n) is 3.04. The second kappa shape index (κ2) is 6.53. The van der Waals surface area contributed by atoms with Gasteiger partial charge < -0.3 is 5.32 Å². The molecule has 1 amide bonds.